The van der Waals surface area contributed by atoms with Gasteiger partial charge < -0.3 is 15.8 Å². The van der Waals surface area contributed by atoms with E-state index < -0.39 is 12.0 Å². The number of ether oxygens (including phenoxy) is 1. The summed E-state index contributed by atoms with van der Waals surface area (Å²) < 4.78 is 5.66. The Hall–Kier alpha value is -2.04. The van der Waals surface area contributed by atoms with Crippen molar-refractivity contribution in [3.05, 3.63) is 29.8 Å². The zero-order valence-corrected chi connectivity index (χ0v) is 12.0. The van der Waals surface area contributed by atoms with E-state index in [0.717, 1.165) is 18.5 Å². The van der Waals surface area contributed by atoms with Gasteiger partial charge in [-0.2, -0.15) is 4.99 Å². The number of carbonyl (C=O) groups excluding carboxylic acids is 1. The standard InChI is InChI=1S/C16H20N3O2/c17-15(20)14-12-9-5-6-10-13(12)19-16(21-14)18-11-7-3-1-2-4-8-11/h6,9-11,14H,1-4,7-8H2,(H2,17,20)(H,18,19). The highest BCUT2D eigenvalue weighted by Crippen LogP contribution is 2.32. The van der Waals surface area contributed by atoms with E-state index in [0.29, 0.717) is 17.6 Å². The number of aliphatic imine (C=N–C) groups is 1. The summed E-state index contributed by atoms with van der Waals surface area (Å²) in [6.45, 7) is 0. The van der Waals surface area contributed by atoms with Gasteiger partial charge in [-0.1, -0.05) is 31.7 Å². The van der Waals surface area contributed by atoms with Gasteiger partial charge in [-0.05, 0) is 31.0 Å². The van der Waals surface area contributed by atoms with Crippen LogP contribution in [0.25, 0.3) is 0 Å². The van der Waals surface area contributed by atoms with Crippen LogP contribution < -0.4 is 11.1 Å². The first-order chi connectivity index (χ1) is 10.2. The van der Waals surface area contributed by atoms with Crippen molar-refractivity contribution >= 4 is 17.6 Å². The number of amides is 1. The summed E-state index contributed by atoms with van der Waals surface area (Å²) in [6, 6.07) is 9.00. The van der Waals surface area contributed by atoms with Gasteiger partial charge in [0.25, 0.3) is 11.9 Å². The number of nitrogens with zero attached hydrogens (tertiary/aromatic N) is 1. The van der Waals surface area contributed by atoms with E-state index in [1.807, 2.05) is 6.07 Å². The Labute approximate surface area is 124 Å². The third kappa shape index (κ3) is 3.17. The molecule has 1 aliphatic heterocycles. The maximum absolute atomic E-state index is 11.6. The van der Waals surface area contributed by atoms with Crippen molar-refractivity contribution in [1.82, 2.24) is 5.32 Å². The molecule has 5 heteroatoms. The topological polar surface area (TPSA) is 76.7 Å². The summed E-state index contributed by atoms with van der Waals surface area (Å²) >= 11 is 0. The van der Waals surface area contributed by atoms with Gasteiger partial charge in [0, 0.05) is 11.6 Å². The van der Waals surface area contributed by atoms with Crippen molar-refractivity contribution in [1.29, 1.82) is 0 Å². The largest absolute Gasteiger partial charge is 0.447 e. The molecule has 0 spiro atoms. The van der Waals surface area contributed by atoms with Crippen molar-refractivity contribution in [2.24, 2.45) is 10.7 Å². The summed E-state index contributed by atoms with van der Waals surface area (Å²) in [5.41, 5.74) is 6.84. The Kier molecular flexibility index (Phi) is 4.08. The van der Waals surface area contributed by atoms with Crippen LogP contribution >= 0.6 is 0 Å². The van der Waals surface area contributed by atoms with Crippen molar-refractivity contribution in [3.8, 4) is 0 Å². The number of rotatable bonds is 2. The second-order valence-corrected chi connectivity index (χ2v) is 5.63. The van der Waals surface area contributed by atoms with Gasteiger partial charge in [0.15, 0.2) is 0 Å². The van der Waals surface area contributed by atoms with E-state index in [4.69, 9.17) is 10.5 Å². The fourth-order valence-electron chi connectivity index (χ4n) is 2.93. The third-order valence-corrected chi connectivity index (χ3v) is 4.05. The SMILES string of the molecule is NC(=O)C1OC(NC2CCCCCC2)=Nc2cc[c]cc21. The number of hydrogen-bond donors (Lipinski definition) is 2. The van der Waals surface area contributed by atoms with Crippen LogP contribution in [0.4, 0.5) is 5.69 Å². The van der Waals surface area contributed by atoms with Gasteiger partial charge in [0.1, 0.15) is 0 Å². The van der Waals surface area contributed by atoms with Crippen molar-refractivity contribution < 1.29 is 9.53 Å². The molecule has 1 radical (unpaired) electrons. The lowest BCUT2D eigenvalue weighted by atomic mass is 10.1. The monoisotopic (exact) mass is 286 g/mol. The van der Waals surface area contributed by atoms with E-state index in [1.54, 1.807) is 12.1 Å². The summed E-state index contributed by atoms with van der Waals surface area (Å²) in [6.07, 6.45) is 6.44. The lowest BCUT2D eigenvalue weighted by molar-refractivity contribution is -0.125. The summed E-state index contributed by atoms with van der Waals surface area (Å²) in [4.78, 5) is 16.1. The van der Waals surface area contributed by atoms with Crippen LogP contribution in [0.5, 0.6) is 0 Å². The van der Waals surface area contributed by atoms with E-state index in [2.05, 4.69) is 16.4 Å². The zero-order chi connectivity index (χ0) is 14.7. The Balaban J connectivity index is 1.80. The van der Waals surface area contributed by atoms with Crippen LogP contribution in [0.2, 0.25) is 0 Å². The van der Waals surface area contributed by atoms with Gasteiger partial charge in [-0.3, -0.25) is 4.79 Å². The molecule has 5 nitrogen and oxygen atoms in total. The fraction of sp³-hybridized carbons (Fsp3) is 0.500. The van der Waals surface area contributed by atoms with E-state index in [1.165, 1.54) is 25.7 Å². The minimum absolute atomic E-state index is 0.358. The molecular formula is C16H20N3O2. The zero-order valence-electron chi connectivity index (χ0n) is 12.0. The number of amidine groups is 1. The molecule has 0 saturated heterocycles. The third-order valence-electron chi connectivity index (χ3n) is 4.05. The predicted octanol–water partition coefficient (Wildman–Crippen LogP) is 2.34. The average Bonchev–Trinajstić information content (AvgIpc) is 2.75. The molecule has 1 saturated carbocycles. The van der Waals surface area contributed by atoms with Crippen LogP contribution in [-0.4, -0.2) is 18.0 Å². The Morgan fingerprint density at radius 1 is 1.33 bits per heavy atom. The molecule has 1 amide bonds. The van der Waals surface area contributed by atoms with Crippen LogP contribution in [0.15, 0.2) is 23.2 Å². The quantitative estimate of drug-likeness (QED) is 0.819. The molecule has 111 valence electrons. The molecule has 0 aromatic heterocycles. The van der Waals surface area contributed by atoms with Gasteiger partial charge in [-0.15, -0.1) is 0 Å². The summed E-state index contributed by atoms with van der Waals surface area (Å²) in [5, 5.41) is 3.33. The van der Waals surface area contributed by atoms with E-state index >= 15 is 0 Å². The molecule has 1 heterocycles. The second-order valence-electron chi connectivity index (χ2n) is 5.63. The van der Waals surface area contributed by atoms with Crippen molar-refractivity contribution in [2.45, 2.75) is 50.7 Å². The molecule has 1 atom stereocenters. The lowest BCUT2D eigenvalue weighted by Gasteiger charge is -2.26. The molecule has 0 bridgehead atoms. The van der Waals surface area contributed by atoms with Crippen LogP contribution in [-0.2, 0) is 9.53 Å². The molecule has 1 fully saturated rings. The number of primary amides is 1. The van der Waals surface area contributed by atoms with Gasteiger partial charge >= 0.3 is 0 Å². The van der Waals surface area contributed by atoms with Crippen molar-refractivity contribution in [2.75, 3.05) is 0 Å². The minimum Gasteiger partial charge on any atom is -0.447 e. The normalized spacial score (nSPS) is 22.5. The number of nitrogens with two attached hydrogens (primary N) is 1. The maximum Gasteiger partial charge on any atom is 0.291 e. The second kappa shape index (κ2) is 6.16. The van der Waals surface area contributed by atoms with E-state index in [9.17, 15) is 4.79 Å². The van der Waals surface area contributed by atoms with Gasteiger partial charge in [0.2, 0.25) is 6.10 Å². The highest BCUT2D eigenvalue weighted by Gasteiger charge is 2.29. The minimum atomic E-state index is -0.789. The molecular weight excluding hydrogens is 266 g/mol. The number of hydrogen-bond acceptors (Lipinski definition) is 4. The first-order valence-corrected chi connectivity index (χ1v) is 7.55. The smallest absolute Gasteiger partial charge is 0.291 e. The van der Waals surface area contributed by atoms with Crippen LogP contribution in [0.1, 0.15) is 50.2 Å². The highest BCUT2D eigenvalue weighted by atomic mass is 16.5. The maximum atomic E-state index is 11.6. The molecule has 1 unspecified atom stereocenters. The highest BCUT2D eigenvalue weighted by molar-refractivity contribution is 5.89. The first-order valence-electron chi connectivity index (χ1n) is 7.55. The average molecular weight is 286 g/mol. The summed E-state index contributed by atoms with van der Waals surface area (Å²) in [7, 11) is 0. The molecule has 1 aromatic carbocycles. The number of nitrogens with one attached hydrogen (secondary N) is 1. The Morgan fingerprint density at radius 2 is 2.10 bits per heavy atom. The molecule has 3 rings (SSSR count). The van der Waals surface area contributed by atoms with Crippen LogP contribution in [0, 0.1) is 6.07 Å². The predicted molar refractivity (Wildman–Crippen MR) is 80.0 cm³/mol. The molecule has 21 heavy (non-hydrogen) atoms. The molecule has 1 aliphatic carbocycles. The Bertz CT molecular complexity index is 548. The fourth-order valence-corrected chi connectivity index (χ4v) is 2.93. The van der Waals surface area contributed by atoms with Gasteiger partial charge in [-0.25, -0.2) is 0 Å². The van der Waals surface area contributed by atoms with Crippen molar-refractivity contribution in [3.63, 3.8) is 0 Å². The summed E-state index contributed by atoms with van der Waals surface area (Å²) in [5.74, 6) is -0.508. The Morgan fingerprint density at radius 3 is 2.81 bits per heavy atom. The number of benzene rings is 1. The van der Waals surface area contributed by atoms with Gasteiger partial charge in [0.05, 0.1) is 5.69 Å². The van der Waals surface area contributed by atoms with Crippen LogP contribution in [0.3, 0.4) is 0 Å². The first kappa shape index (κ1) is 13.9. The lowest BCUT2D eigenvalue weighted by Crippen LogP contribution is -2.40. The van der Waals surface area contributed by atoms with E-state index in [-0.39, 0.29) is 0 Å². The number of carbonyl (C=O) groups is 1. The number of fused-ring (bicyclic) bond motifs is 1. The molecule has 1 aromatic rings. The molecule has 3 N–H and O–H groups in total. The molecule has 2 aliphatic rings.